The van der Waals surface area contributed by atoms with Gasteiger partial charge in [0.1, 0.15) is 0 Å². The van der Waals surface area contributed by atoms with Crippen molar-refractivity contribution in [3.63, 3.8) is 0 Å². The van der Waals surface area contributed by atoms with E-state index in [9.17, 15) is 18.3 Å². The first-order valence-corrected chi connectivity index (χ1v) is 8.64. The molecule has 1 fully saturated rings. The zero-order valence-corrected chi connectivity index (χ0v) is 14.2. The highest BCUT2D eigenvalue weighted by atomic mass is 19.4. The molecule has 0 aliphatic carbocycles. The number of hydrogen-bond acceptors (Lipinski definition) is 2. The number of alkyl halides is 3. The summed E-state index contributed by atoms with van der Waals surface area (Å²) in [5.41, 5.74) is 1.09. The Hall–Kier alpha value is -2.11. The van der Waals surface area contributed by atoms with Crippen LogP contribution in [0.4, 0.5) is 13.2 Å². The zero-order valence-electron chi connectivity index (χ0n) is 14.2. The monoisotopic (exact) mass is 362 g/mol. The molecule has 3 atom stereocenters. The third-order valence-electron chi connectivity index (χ3n) is 4.50. The Bertz CT molecular complexity index is 723. The van der Waals surface area contributed by atoms with Gasteiger partial charge in [-0.3, -0.25) is 0 Å². The van der Waals surface area contributed by atoms with Gasteiger partial charge in [0.25, 0.3) is 0 Å². The first-order chi connectivity index (χ1) is 12.4. The van der Waals surface area contributed by atoms with Crippen LogP contribution in [0, 0.1) is 0 Å². The van der Waals surface area contributed by atoms with Gasteiger partial charge in [0, 0.05) is 6.42 Å². The van der Waals surface area contributed by atoms with Crippen LogP contribution in [0.2, 0.25) is 0 Å². The van der Waals surface area contributed by atoms with Crippen LogP contribution < -0.4 is 0 Å². The summed E-state index contributed by atoms with van der Waals surface area (Å²) in [5, 5.41) is 10.1. The van der Waals surface area contributed by atoms with E-state index in [1.807, 2.05) is 36.4 Å². The normalized spacial score (nSPS) is 24.1. The molecule has 3 rings (SSSR count). The molecule has 1 aliphatic rings. The molecule has 0 unspecified atom stereocenters. The first-order valence-electron chi connectivity index (χ1n) is 8.64. The van der Waals surface area contributed by atoms with Crippen LogP contribution in [0.5, 0.6) is 0 Å². The van der Waals surface area contributed by atoms with Gasteiger partial charge in [-0.05, 0) is 36.1 Å². The molecular weight excluding hydrogens is 341 g/mol. The van der Waals surface area contributed by atoms with E-state index in [-0.39, 0.29) is 12.2 Å². The lowest BCUT2D eigenvalue weighted by Crippen LogP contribution is -2.31. The van der Waals surface area contributed by atoms with Crippen molar-refractivity contribution in [3.8, 4) is 0 Å². The van der Waals surface area contributed by atoms with E-state index < -0.39 is 17.8 Å². The van der Waals surface area contributed by atoms with E-state index in [0.717, 1.165) is 17.7 Å². The van der Waals surface area contributed by atoms with Crippen molar-refractivity contribution in [2.24, 2.45) is 0 Å². The fraction of sp³-hybridized carbons (Fsp3) is 0.333. The second-order valence-corrected chi connectivity index (χ2v) is 6.54. The van der Waals surface area contributed by atoms with Crippen LogP contribution in [0.15, 0.2) is 60.7 Å². The Labute approximate surface area is 150 Å². The van der Waals surface area contributed by atoms with Gasteiger partial charge in [-0.25, -0.2) is 0 Å². The van der Waals surface area contributed by atoms with Crippen molar-refractivity contribution >= 4 is 6.08 Å². The van der Waals surface area contributed by atoms with E-state index in [1.54, 1.807) is 6.08 Å². The minimum Gasteiger partial charge on any atom is -0.393 e. The lowest BCUT2D eigenvalue weighted by atomic mass is 9.95. The summed E-state index contributed by atoms with van der Waals surface area (Å²) < 4.78 is 43.8. The SMILES string of the molecule is O[C@H]1C[C@H](C/C=C/c2ccc(C(F)(F)F)cc2)O[C@H](c2ccccc2)C1. The fourth-order valence-electron chi connectivity index (χ4n) is 3.16. The third kappa shape index (κ3) is 4.96. The average molecular weight is 362 g/mol. The largest absolute Gasteiger partial charge is 0.416 e. The highest BCUT2D eigenvalue weighted by Gasteiger charge is 2.30. The highest BCUT2D eigenvalue weighted by Crippen LogP contribution is 2.33. The summed E-state index contributed by atoms with van der Waals surface area (Å²) in [7, 11) is 0. The van der Waals surface area contributed by atoms with Gasteiger partial charge in [0.15, 0.2) is 0 Å². The predicted octanol–water partition coefficient (Wildman–Crippen LogP) is 5.39. The fourth-order valence-corrected chi connectivity index (χ4v) is 3.16. The molecule has 1 heterocycles. The molecule has 138 valence electrons. The number of halogens is 3. The maximum absolute atomic E-state index is 12.6. The molecule has 0 aromatic heterocycles. The number of benzene rings is 2. The number of ether oxygens (including phenoxy) is 1. The van der Waals surface area contributed by atoms with Gasteiger partial charge in [-0.2, -0.15) is 13.2 Å². The van der Waals surface area contributed by atoms with Gasteiger partial charge in [-0.15, -0.1) is 0 Å². The molecule has 2 aromatic rings. The summed E-state index contributed by atoms with van der Waals surface area (Å²) in [6.07, 6.45) is 0.402. The van der Waals surface area contributed by atoms with Crippen molar-refractivity contribution in [1.82, 2.24) is 0 Å². The molecule has 1 saturated heterocycles. The van der Waals surface area contributed by atoms with E-state index in [0.29, 0.717) is 24.8 Å². The number of rotatable bonds is 4. The molecule has 0 bridgehead atoms. The Balaban J connectivity index is 1.59. The summed E-state index contributed by atoms with van der Waals surface area (Å²) >= 11 is 0. The molecular formula is C21H21F3O2. The average Bonchev–Trinajstić information content (AvgIpc) is 2.62. The minimum atomic E-state index is -4.32. The van der Waals surface area contributed by atoms with Gasteiger partial charge in [-0.1, -0.05) is 54.6 Å². The van der Waals surface area contributed by atoms with Crippen LogP contribution in [-0.4, -0.2) is 17.3 Å². The van der Waals surface area contributed by atoms with Crippen LogP contribution in [0.3, 0.4) is 0 Å². The van der Waals surface area contributed by atoms with E-state index in [4.69, 9.17) is 4.74 Å². The quantitative estimate of drug-likeness (QED) is 0.790. The lowest BCUT2D eigenvalue weighted by molar-refractivity contribution is -0.137. The molecule has 0 spiro atoms. The Kier molecular flexibility index (Phi) is 5.79. The summed E-state index contributed by atoms with van der Waals surface area (Å²) in [4.78, 5) is 0. The second-order valence-electron chi connectivity index (χ2n) is 6.54. The molecule has 26 heavy (non-hydrogen) atoms. The van der Waals surface area contributed by atoms with Crippen LogP contribution in [0.1, 0.15) is 42.1 Å². The second kappa shape index (κ2) is 8.06. The molecule has 0 amide bonds. The summed E-state index contributed by atoms with van der Waals surface area (Å²) in [6.45, 7) is 0. The Morgan fingerprint density at radius 3 is 2.35 bits per heavy atom. The van der Waals surface area contributed by atoms with Crippen LogP contribution in [-0.2, 0) is 10.9 Å². The van der Waals surface area contributed by atoms with Crippen molar-refractivity contribution in [1.29, 1.82) is 0 Å². The Morgan fingerprint density at radius 1 is 1.00 bits per heavy atom. The zero-order chi connectivity index (χ0) is 18.6. The van der Waals surface area contributed by atoms with Gasteiger partial charge in [0.05, 0.1) is 23.9 Å². The lowest BCUT2D eigenvalue weighted by Gasteiger charge is -2.33. The smallest absolute Gasteiger partial charge is 0.393 e. The molecule has 1 N–H and O–H groups in total. The molecule has 1 aliphatic heterocycles. The third-order valence-corrected chi connectivity index (χ3v) is 4.50. The van der Waals surface area contributed by atoms with Crippen LogP contribution in [0.25, 0.3) is 6.08 Å². The van der Waals surface area contributed by atoms with Crippen molar-refractivity contribution in [2.45, 2.75) is 43.8 Å². The number of aliphatic hydroxyl groups excluding tert-OH is 1. The highest BCUT2D eigenvalue weighted by molar-refractivity contribution is 5.49. The summed E-state index contributed by atoms with van der Waals surface area (Å²) in [6, 6.07) is 14.8. The molecule has 0 saturated carbocycles. The molecule has 0 radical (unpaired) electrons. The van der Waals surface area contributed by atoms with Gasteiger partial charge >= 0.3 is 6.18 Å². The molecule has 2 nitrogen and oxygen atoms in total. The molecule has 5 heteroatoms. The van der Waals surface area contributed by atoms with Crippen LogP contribution >= 0.6 is 0 Å². The number of aliphatic hydroxyl groups is 1. The van der Waals surface area contributed by atoms with E-state index in [2.05, 4.69) is 0 Å². The maximum atomic E-state index is 12.6. The predicted molar refractivity (Wildman–Crippen MR) is 94.4 cm³/mol. The Morgan fingerprint density at radius 2 is 1.69 bits per heavy atom. The van der Waals surface area contributed by atoms with E-state index in [1.165, 1.54) is 12.1 Å². The van der Waals surface area contributed by atoms with Crippen molar-refractivity contribution < 1.29 is 23.0 Å². The summed E-state index contributed by atoms with van der Waals surface area (Å²) in [5.74, 6) is 0. The van der Waals surface area contributed by atoms with Gasteiger partial charge in [0.2, 0.25) is 0 Å². The van der Waals surface area contributed by atoms with E-state index >= 15 is 0 Å². The molecule has 2 aromatic carbocycles. The minimum absolute atomic E-state index is 0.116. The van der Waals surface area contributed by atoms with Crippen molar-refractivity contribution in [2.75, 3.05) is 0 Å². The maximum Gasteiger partial charge on any atom is 0.416 e. The number of hydrogen-bond donors (Lipinski definition) is 1. The van der Waals surface area contributed by atoms with Crippen molar-refractivity contribution in [3.05, 3.63) is 77.4 Å². The standard InChI is InChI=1S/C21H21F3O2/c22-21(23,24)17-11-9-15(10-12-17)5-4-8-19-13-18(25)14-20(26-19)16-6-2-1-3-7-16/h1-7,9-12,18-20,25H,8,13-14H2/b5-4+/t18-,19-,20-/m0/s1. The topological polar surface area (TPSA) is 29.5 Å². The van der Waals surface area contributed by atoms with Gasteiger partial charge < -0.3 is 9.84 Å². The first kappa shape index (κ1) is 18.7.